The van der Waals surface area contributed by atoms with Gasteiger partial charge in [0.1, 0.15) is 18.5 Å². The van der Waals surface area contributed by atoms with Crippen LogP contribution in [0.4, 0.5) is 10.3 Å². The minimum atomic E-state index is -0.621. The van der Waals surface area contributed by atoms with Crippen molar-refractivity contribution in [1.29, 1.82) is 0 Å². The second-order valence-corrected chi connectivity index (χ2v) is 10.9. The number of allylic oxidation sites excluding steroid dienone is 1. The van der Waals surface area contributed by atoms with Crippen LogP contribution >= 0.6 is 27.7 Å². The molecule has 39 heavy (non-hydrogen) atoms. The van der Waals surface area contributed by atoms with E-state index in [1.807, 2.05) is 19.9 Å². The summed E-state index contributed by atoms with van der Waals surface area (Å²) in [5, 5.41) is 8.58. The number of anilines is 1. The van der Waals surface area contributed by atoms with E-state index in [1.54, 1.807) is 40.7 Å². The molecule has 1 N–H and O–H groups in total. The summed E-state index contributed by atoms with van der Waals surface area (Å²) < 4.78 is 33.8. The van der Waals surface area contributed by atoms with Crippen LogP contribution in [-0.4, -0.2) is 40.2 Å². The summed E-state index contributed by atoms with van der Waals surface area (Å²) in [7, 11) is 1.53. The number of thioether (sulfide) groups is 1. The largest absolute Gasteiger partial charge is 0.493 e. The molecule has 0 saturated carbocycles. The van der Waals surface area contributed by atoms with Crippen molar-refractivity contribution in [2.75, 3.05) is 24.8 Å². The number of hydrogen-bond acceptors (Lipinski definition) is 8. The van der Waals surface area contributed by atoms with Gasteiger partial charge in [0.05, 0.1) is 23.8 Å². The lowest BCUT2D eigenvalue weighted by molar-refractivity contribution is -0.139. The first-order chi connectivity index (χ1) is 18.9. The number of nitrogens with zero attached hydrogens (tertiary/aromatic N) is 3. The molecule has 1 atom stereocenters. The molecule has 0 fully saturated rings. The average molecular weight is 620 g/mol. The number of carbonyl (C=O) groups excluding carboxylic acids is 1. The fourth-order valence-corrected chi connectivity index (χ4v) is 5.41. The summed E-state index contributed by atoms with van der Waals surface area (Å²) in [6, 6.07) is 9.49. The van der Waals surface area contributed by atoms with E-state index in [4.69, 9.17) is 19.3 Å². The maximum absolute atomic E-state index is 14.2. The molecule has 0 aliphatic carbocycles. The van der Waals surface area contributed by atoms with E-state index in [9.17, 15) is 9.18 Å². The van der Waals surface area contributed by atoms with Crippen LogP contribution < -0.4 is 14.8 Å². The van der Waals surface area contributed by atoms with Crippen LogP contribution in [0.25, 0.3) is 0 Å². The predicted molar refractivity (Wildman–Crippen MR) is 153 cm³/mol. The number of rotatable bonds is 12. The lowest BCUT2D eigenvalue weighted by Crippen LogP contribution is -2.30. The molecule has 1 aliphatic rings. The van der Waals surface area contributed by atoms with E-state index in [1.165, 1.54) is 13.2 Å². The quantitative estimate of drug-likeness (QED) is 0.133. The highest BCUT2D eigenvalue weighted by molar-refractivity contribution is 9.10. The van der Waals surface area contributed by atoms with Crippen LogP contribution in [0.5, 0.6) is 11.5 Å². The van der Waals surface area contributed by atoms with Gasteiger partial charge in [0, 0.05) is 17.0 Å². The Morgan fingerprint density at radius 1 is 1.23 bits per heavy atom. The summed E-state index contributed by atoms with van der Waals surface area (Å²) in [5.74, 6) is 1.49. The first-order valence-corrected chi connectivity index (χ1v) is 14.6. The van der Waals surface area contributed by atoms with Gasteiger partial charge in [0.25, 0.3) is 0 Å². The van der Waals surface area contributed by atoms with Crippen molar-refractivity contribution in [3.05, 3.63) is 69.1 Å². The maximum Gasteiger partial charge on any atom is 0.338 e. The van der Waals surface area contributed by atoms with Gasteiger partial charge in [-0.05, 0) is 59.5 Å². The standard InChI is InChI=1S/C28H32BrFN4O4S/c1-5-7-12-37-26(35)23-17(3)31-27-32-28(39-13-6-2)33-34(27)24(23)19-14-20(29)25(22(15-19)36-4)38-16-18-10-8-9-11-21(18)30/h8-11,14-15,24H,5-7,12-13,16H2,1-4H3,(H,31,32,33). The van der Waals surface area contributed by atoms with Crippen molar-refractivity contribution < 1.29 is 23.4 Å². The third-order valence-corrected chi connectivity index (χ3v) is 7.75. The fraction of sp³-hybridized carbons (Fsp3) is 0.393. The number of carbonyl (C=O) groups is 1. The normalized spacial score (nSPS) is 14.6. The van der Waals surface area contributed by atoms with Crippen LogP contribution in [-0.2, 0) is 16.1 Å². The number of hydrogen-bond donors (Lipinski definition) is 1. The monoisotopic (exact) mass is 618 g/mol. The molecule has 0 bridgehead atoms. The molecular formula is C28H32BrFN4O4S. The van der Waals surface area contributed by atoms with Gasteiger partial charge in [0.15, 0.2) is 11.5 Å². The Balaban J connectivity index is 1.74. The molecule has 0 spiro atoms. The summed E-state index contributed by atoms with van der Waals surface area (Å²) in [6.45, 7) is 6.32. The highest BCUT2D eigenvalue weighted by Crippen LogP contribution is 2.43. The number of unbranched alkanes of at least 4 members (excludes halogenated alkanes) is 1. The van der Waals surface area contributed by atoms with E-state index in [0.717, 1.165) is 30.6 Å². The number of methoxy groups -OCH3 is 1. The zero-order valence-corrected chi connectivity index (χ0v) is 24.8. The number of aromatic nitrogens is 3. The zero-order chi connectivity index (χ0) is 27.9. The Bertz CT molecular complexity index is 1360. The molecule has 11 heteroatoms. The molecule has 0 amide bonds. The predicted octanol–water partition coefficient (Wildman–Crippen LogP) is 6.90. The minimum Gasteiger partial charge on any atom is -0.493 e. The molecular weight excluding hydrogens is 587 g/mol. The molecule has 8 nitrogen and oxygen atoms in total. The molecule has 1 unspecified atom stereocenters. The summed E-state index contributed by atoms with van der Waals surface area (Å²) >= 11 is 5.16. The van der Waals surface area contributed by atoms with Gasteiger partial charge in [-0.25, -0.2) is 13.9 Å². The van der Waals surface area contributed by atoms with Gasteiger partial charge in [-0.3, -0.25) is 0 Å². The van der Waals surface area contributed by atoms with E-state index in [0.29, 0.717) is 50.5 Å². The van der Waals surface area contributed by atoms with Gasteiger partial charge < -0.3 is 19.5 Å². The Hall–Kier alpha value is -3.05. The number of halogens is 2. The lowest BCUT2D eigenvalue weighted by Gasteiger charge is -2.29. The minimum absolute atomic E-state index is 0.0214. The second-order valence-electron chi connectivity index (χ2n) is 8.98. The Morgan fingerprint density at radius 3 is 2.74 bits per heavy atom. The summed E-state index contributed by atoms with van der Waals surface area (Å²) in [4.78, 5) is 18.0. The van der Waals surface area contributed by atoms with Crippen molar-refractivity contribution in [2.24, 2.45) is 0 Å². The topological polar surface area (TPSA) is 87.5 Å². The Kier molecular flexibility index (Phi) is 9.90. The molecule has 208 valence electrons. The second kappa shape index (κ2) is 13.3. The van der Waals surface area contributed by atoms with Gasteiger partial charge in [-0.2, -0.15) is 4.98 Å². The first kappa shape index (κ1) is 28.9. The molecule has 0 radical (unpaired) electrons. The first-order valence-electron chi connectivity index (χ1n) is 12.9. The summed E-state index contributed by atoms with van der Waals surface area (Å²) in [5.41, 5.74) is 2.22. The number of ether oxygens (including phenoxy) is 3. The highest BCUT2D eigenvalue weighted by atomic mass is 79.9. The van der Waals surface area contributed by atoms with Crippen LogP contribution in [0.2, 0.25) is 0 Å². The Labute approximate surface area is 240 Å². The van der Waals surface area contributed by atoms with Crippen LogP contribution in [0.15, 0.2) is 57.3 Å². The van der Waals surface area contributed by atoms with Gasteiger partial charge in [-0.1, -0.05) is 50.2 Å². The molecule has 4 rings (SSSR count). The number of nitrogens with one attached hydrogen (secondary N) is 1. The van der Waals surface area contributed by atoms with Crippen molar-refractivity contribution in [1.82, 2.24) is 14.8 Å². The fourth-order valence-electron chi connectivity index (χ4n) is 4.15. The van der Waals surface area contributed by atoms with E-state index >= 15 is 0 Å². The highest BCUT2D eigenvalue weighted by Gasteiger charge is 2.36. The van der Waals surface area contributed by atoms with Crippen molar-refractivity contribution in [3.8, 4) is 11.5 Å². The van der Waals surface area contributed by atoms with Crippen molar-refractivity contribution >= 4 is 39.6 Å². The van der Waals surface area contributed by atoms with Crippen molar-refractivity contribution in [2.45, 2.75) is 57.8 Å². The molecule has 0 saturated heterocycles. The third kappa shape index (κ3) is 6.58. The van der Waals surface area contributed by atoms with Gasteiger partial charge >= 0.3 is 5.97 Å². The lowest BCUT2D eigenvalue weighted by atomic mass is 9.95. The van der Waals surface area contributed by atoms with Gasteiger partial charge in [0.2, 0.25) is 11.1 Å². The molecule has 1 aromatic heterocycles. The van der Waals surface area contributed by atoms with E-state index < -0.39 is 12.0 Å². The van der Waals surface area contributed by atoms with Crippen LogP contribution in [0.1, 0.15) is 57.2 Å². The van der Waals surface area contributed by atoms with Crippen LogP contribution in [0.3, 0.4) is 0 Å². The van der Waals surface area contributed by atoms with Gasteiger partial charge in [-0.15, -0.1) is 5.10 Å². The molecule has 2 aromatic carbocycles. The zero-order valence-electron chi connectivity index (χ0n) is 22.4. The number of benzene rings is 2. The number of fused-ring (bicyclic) bond motifs is 1. The van der Waals surface area contributed by atoms with Crippen LogP contribution in [0, 0.1) is 5.82 Å². The molecule has 3 aromatic rings. The Morgan fingerprint density at radius 2 is 2.03 bits per heavy atom. The molecule has 1 aliphatic heterocycles. The molecule has 2 heterocycles. The van der Waals surface area contributed by atoms with Crippen molar-refractivity contribution in [3.63, 3.8) is 0 Å². The van der Waals surface area contributed by atoms with E-state index in [-0.39, 0.29) is 12.4 Å². The number of esters is 1. The van der Waals surface area contributed by atoms with E-state index in [2.05, 4.69) is 33.2 Å². The maximum atomic E-state index is 14.2. The smallest absolute Gasteiger partial charge is 0.338 e. The average Bonchev–Trinajstić information content (AvgIpc) is 3.33. The third-order valence-electron chi connectivity index (χ3n) is 6.12. The summed E-state index contributed by atoms with van der Waals surface area (Å²) in [6.07, 6.45) is 2.67. The SMILES string of the molecule is CCCCOC(=O)C1=C(C)Nc2nc(SCCC)nn2C1c1cc(Br)c(OCc2ccccc2F)c(OC)c1.